The van der Waals surface area contributed by atoms with Gasteiger partial charge in [-0.1, -0.05) is 44.1 Å². The largest absolute Gasteiger partial charge is 0.267 e. The highest BCUT2D eigenvalue weighted by Gasteiger charge is 2.32. The first-order valence-corrected chi connectivity index (χ1v) is 12.7. The first-order valence-electron chi connectivity index (χ1n) is 11.4. The fraction of sp³-hybridized carbons (Fsp3) is 0.909. The first kappa shape index (κ1) is 18.5. The molecule has 0 atom stereocenters. The van der Waals surface area contributed by atoms with Crippen LogP contribution in [0.1, 0.15) is 89.9 Å². The van der Waals surface area contributed by atoms with E-state index in [1.54, 1.807) is 0 Å². The maximum Gasteiger partial charge on any atom is 0.0647 e. The summed E-state index contributed by atoms with van der Waals surface area (Å²) in [5.41, 5.74) is 1.95. The fourth-order valence-electron chi connectivity index (χ4n) is 5.70. The van der Waals surface area contributed by atoms with E-state index < -0.39 is 0 Å². The molecule has 0 aromatic carbocycles. The van der Waals surface area contributed by atoms with Gasteiger partial charge in [-0.2, -0.15) is 0 Å². The molecule has 25 heavy (non-hydrogen) atoms. The van der Waals surface area contributed by atoms with Gasteiger partial charge in [0.25, 0.3) is 0 Å². The van der Waals surface area contributed by atoms with Gasteiger partial charge in [0.1, 0.15) is 0 Å². The second kappa shape index (κ2) is 9.34. The summed E-state index contributed by atoms with van der Waals surface area (Å²) in [6.45, 7) is 5.45. The highest BCUT2D eigenvalue weighted by atomic mass is 31.1. The van der Waals surface area contributed by atoms with Gasteiger partial charge in [0.15, 0.2) is 0 Å². The van der Waals surface area contributed by atoms with Crippen molar-refractivity contribution in [1.82, 2.24) is 9.34 Å². The van der Waals surface area contributed by atoms with Crippen LogP contribution in [-0.2, 0) is 0 Å². The van der Waals surface area contributed by atoms with Crippen molar-refractivity contribution >= 4 is 8.22 Å². The molecule has 0 aromatic heterocycles. The molecule has 142 valence electrons. The molecule has 4 aliphatic rings. The van der Waals surface area contributed by atoms with Gasteiger partial charge in [-0.25, -0.2) is 0 Å². The zero-order valence-electron chi connectivity index (χ0n) is 16.3. The molecule has 3 heteroatoms. The molecule has 2 heterocycles. The molecule has 2 saturated carbocycles. The van der Waals surface area contributed by atoms with Crippen LogP contribution in [-0.4, -0.2) is 35.5 Å². The Labute approximate surface area is 157 Å². The normalized spacial score (nSPS) is 28.0. The third-order valence-corrected chi connectivity index (χ3v) is 9.65. The van der Waals surface area contributed by atoms with Crippen LogP contribution in [0.3, 0.4) is 0 Å². The molecule has 2 aliphatic carbocycles. The standard InChI is InChI=1S/C22H39N2P/c1-3-11-20(12-4-1)22(21-13-5-2-6-14-21)19-25(23-15-7-8-16-23)24-17-9-10-18-24/h19-21H,1-18H2. The topological polar surface area (TPSA) is 6.48 Å². The lowest BCUT2D eigenvalue weighted by atomic mass is 9.74. The van der Waals surface area contributed by atoms with Crippen molar-refractivity contribution in [2.75, 3.05) is 26.2 Å². The van der Waals surface area contributed by atoms with Crippen molar-refractivity contribution < 1.29 is 0 Å². The Morgan fingerprint density at radius 3 is 1.36 bits per heavy atom. The maximum absolute atomic E-state index is 2.90. The number of hydrogen-bond acceptors (Lipinski definition) is 2. The Morgan fingerprint density at radius 2 is 0.960 bits per heavy atom. The average molecular weight is 363 g/mol. The van der Waals surface area contributed by atoms with E-state index in [2.05, 4.69) is 15.2 Å². The van der Waals surface area contributed by atoms with Crippen LogP contribution in [0.2, 0.25) is 0 Å². The van der Waals surface area contributed by atoms with Gasteiger partial charge in [-0.3, -0.25) is 9.34 Å². The molecular formula is C22H39N2P. The summed E-state index contributed by atoms with van der Waals surface area (Å²) in [5.74, 6) is 4.77. The van der Waals surface area contributed by atoms with E-state index in [1.165, 1.54) is 116 Å². The number of nitrogens with zero attached hydrogens (tertiary/aromatic N) is 2. The molecule has 0 radical (unpaired) electrons. The number of allylic oxidation sites excluding steroid dienone is 1. The van der Waals surface area contributed by atoms with Crippen LogP contribution in [0, 0.1) is 11.8 Å². The Morgan fingerprint density at radius 1 is 0.560 bits per heavy atom. The van der Waals surface area contributed by atoms with E-state index in [0.29, 0.717) is 0 Å². The van der Waals surface area contributed by atoms with Crippen LogP contribution < -0.4 is 0 Å². The zero-order valence-corrected chi connectivity index (χ0v) is 17.2. The van der Waals surface area contributed by atoms with E-state index in [-0.39, 0.29) is 8.22 Å². The first-order chi connectivity index (χ1) is 12.4. The summed E-state index contributed by atoms with van der Waals surface area (Å²) in [7, 11) is -0.147. The second-order valence-corrected chi connectivity index (χ2v) is 11.0. The molecule has 0 aromatic rings. The summed E-state index contributed by atoms with van der Waals surface area (Å²) in [6, 6.07) is 0. The molecular weight excluding hydrogens is 323 g/mol. The van der Waals surface area contributed by atoms with Gasteiger partial charge in [0.05, 0.1) is 8.22 Å². The Bertz CT molecular complexity index is 389. The number of rotatable bonds is 5. The van der Waals surface area contributed by atoms with E-state index in [9.17, 15) is 0 Å². The van der Waals surface area contributed by atoms with Gasteiger partial charge in [-0.05, 0) is 69.0 Å². The number of hydrogen-bond donors (Lipinski definition) is 0. The minimum absolute atomic E-state index is 0.147. The molecule has 2 nitrogen and oxygen atoms in total. The van der Waals surface area contributed by atoms with Crippen molar-refractivity contribution in [3.63, 3.8) is 0 Å². The summed E-state index contributed by atoms with van der Waals surface area (Å²) in [6.07, 6.45) is 20.6. The summed E-state index contributed by atoms with van der Waals surface area (Å²) >= 11 is 0. The molecule has 0 bridgehead atoms. The van der Waals surface area contributed by atoms with Gasteiger partial charge < -0.3 is 0 Å². The fourth-order valence-corrected chi connectivity index (χ4v) is 8.46. The van der Waals surface area contributed by atoms with E-state index in [1.807, 2.05) is 5.57 Å². The second-order valence-electron chi connectivity index (χ2n) is 8.94. The minimum Gasteiger partial charge on any atom is -0.267 e. The summed E-state index contributed by atoms with van der Waals surface area (Å²) < 4.78 is 5.76. The van der Waals surface area contributed by atoms with Gasteiger partial charge >= 0.3 is 0 Å². The van der Waals surface area contributed by atoms with Crippen LogP contribution in [0.25, 0.3) is 0 Å². The molecule has 4 rings (SSSR count). The SMILES string of the molecule is C(=C(C1CCCCC1)C1CCCCC1)P(N1CCCC1)N1CCCC1. The zero-order chi connectivity index (χ0) is 16.9. The Kier molecular flexibility index (Phi) is 6.89. The lowest BCUT2D eigenvalue weighted by molar-refractivity contribution is 0.326. The van der Waals surface area contributed by atoms with Gasteiger partial charge in [0.2, 0.25) is 0 Å². The third kappa shape index (κ3) is 4.69. The molecule has 4 fully saturated rings. The monoisotopic (exact) mass is 362 g/mol. The van der Waals surface area contributed by atoms with Crippen molar-refractivity contribution in [1.29, 1.82) is 0 Å². The summed E-state index contributed by atoms with van der Waals surface area (Å²) in [4.78, 5) is 0. The third-order valence-electron chi connectivity index (χ3n) is 7.16. The van der Waals surface area contributed by atoms with Crippen molar-refractivity contribution in [2.24, 2.45) is 11.8 Å². The summed E-state index contributed by atoms with van der Waals surface area (Å²) in [5, 5.41) is 0. The van der Waals surface area contributed by atoms with E-state index in [0.717, 1.165) is 11.8 Å². The highest BCUT2D eigenvalue weighted by Crippen LogP contribution is 2.53. The van der Waals surface area contributed by atoms with E-state index in [4.69, 9.17) is 0 Å². The minimum atomic E-state index is -0.147. The lowest BCUT2D eigenvalue weighted by Crippen LogP contribution is -2.26. The maximum atomic E-state index is 2.90. The van der Waals surface area contributed by atoms with Crippen molar-refractivity contribution in [2.45, 2.75) is 89.9 Å². The molecule has 2 aliphatic heterocycles. The average Bonchev–Trinajstić information content (AvgIpc) is 3.38. The van der Waals surface area contributed by atoms with Gasteiger partial charge in [0, 0.05) is 26.2 Å². The quantitative estimate of drug-likeness (QED) is 0.513. The molecule has 0 amide bonds. The van der Waals surface area contributed by atoms with Crippen LogP contribution in [0.5, 0.6) is 0 Å². The van der Waals surface area contributed by atoms with Gasteiger partial charge in [-0.15, -0.1) is 0 Å². The van der Waals surface area contributed by atoms with Crippen LogP contribution >= 0.6 is 8.22 Å². The van der Waals surface area contributed by atoms with Crippen molar-refractivity contribution in [3.05, 3.63) is 11.4 Å². The Hall–Kier alpha value is 0.0900. The predicted octanol–water partition coefficient (Wildman–Crippen LogP) is 6.53. The Balaban J connectivity index is 1.58. The van der Waals surface area contributed by atoms with Crippen LogP contribution in [0.15, 0.2) is 11.4 Å². The predicted molar refractivity (Wildman–Crippen MR) is 110 cm³/mol. The molecule has 0 spiro atoms. The van der Waals surface area contributed by atoms with E-state index >= 15 is 0 Å². The molecule has 0 N–H and O–H groups in total. The molecule has 2 saturated heterocycles. The smallest absolute Gasteiger partial charge is 0.0647 e. The highest BCUT2D eigenvalue weighted by molar-refractivity contribution is 7.56. The molecule has 0 unspecified atom stereocenters. The lowest BCUT2D eigenvalue weighted by Gasteiger charge is -2.37. The van der Waals surface area contributed by atoms with Crippen molar-refractivity contribution in [3.8, 4) is 0 Å². The van der Waals surface area contributed by atoms with Crippen LogP contribution in [0.4, 0.5) is 0 Å².